The van der Waals surface area contributed by atoms with Crippen molar-refractivity contribution in [2.75, 3.05) is 0 Å². The zero-order chi connectivity index (χ0) is 19.1. The first kappa shape index (κ1) is 26.0. The number of hydrogen-bond donors (Lipinski definition) is 0. The van der Waals surface area contributed by atoms with E-state index in [9.17, 15) is 0 Å². The van der Waals surface area contributed by atoms with Crippen molar-refractivity contribution in [1.82, 2.24) is 0 Å². The largest absolute Gasteiger partial charge is 0.0654 e. The molecule has 0 N–H and O–H groups in total. The highest BCUT2D eigenvalue weighted by Gasteiger charge is 2.02. The maximum Gasteiger partial charge on any atom is -0.0386 e. The zero-order valence-corrected chi connectivity index (χ0v) is 19.0. The molecule has 0 aromatic rings. The van der Waals surface area contributed by atoms with Gasteiger partial charge in [0.25, 0.3) is 0 Å². The minimum Gasteiger partial charge on any atom is -0.0654 e. The fourth-order valence-corrected chi connectivity index (χ4v) is 3.92. The van der Waals surface area contributed by atoms with E-state index in [0.29, 0.717) is 0 Å². The van der Waals surface area contributed by atoms with E-state index in [2.05, 4.69) is 27.2 Å². The van der Waals surface area contributed by atoms with Crippen LogP contribution < -0.4 is 0 Å². The Labute approximate surface area is 168 Å². The quantitative estimate of drug-likeness (QED) is 0.167. The fourth-order valence-electron chi connectivity index (χ4n) is 3.92. The van der Waals surface area contributed by atoms with Gasteiger partial charge in [-0.05, 0) is 18.8 Å². The molecule has 0 spiro atoms. The van der Waals surface area contributed by atoms with E-state index in [-0.39, 0.29) is 0 Å². The number of hydrogen-bond acceptors (Lipinski definition) is 0. The lowest BCUT2D eigenvalue weighted by Gasteiger charge is -2.11. The van der Waals surface area contributed by atoms with Gasteiger partial charge >= 0.3 is 0 Å². The van der Waals surface area contributed by atoms with Crippen LogP contribution in [0.4, 0.5) is 0 Å². The van der Waals surface area contributed by atoms with Gasteiger partial charge in [0.05, 0.1) is 0 Å². The predicted molar refractivity (Wildman–Crippen MR) is 122 cm³/mol. The average molecular weight is 366 g/mol. The molecule has 157 valence electrons. The summed E-state index contributed by atoms with van der Waals surface area (Å²) in [6.07, 6.45) is 32.8. The molecule has 0 heteroatoms. The van der Waals surface area contributed by atoms with Crippen LogP contribution in [0.3, 0.4) is 0 Å². The smallest absolute Gasteiger partial charge is 0.0386 e. The minimum atomic E-state index is 0.939. The molecule has 0 saturated heterocycles. The van der Waals surface area contributed by atoms with E-state index in [0.717, 1.165) is 5.92 Å². The summed E-state index contributed by atoms with van der Waals surface area (Å²) >= 11 is 0. The Kier molecular flexibility index (Phi) is 23.0. The second-order valence-electron chi connectivity index (χ2n) is 8.85. The van der Waals surface area contributed by atoms with Crippen molar-refractivity contribution < 1.29 is 0 Å². The van der Waals surface area contributed by atoms with Gasteiger partial charge in [-0.15, -0.1) is 0 Å². The molecule has 0 bridgehead atoms. The van der Waals surface area contributed by atoms with Crippen LogP contribution in [0.5, 0.6) is 0 Å². The molecule has 0 aromatic heterocycles. The van der Waals surface area contributed by atoms with Crippen molar-refractivity contribution >= 4 is 0 Å². The van der Waals surface area contributed by atoms with Gasteiger partial charge in [-0.25, -0.2) is 0 Å². The van der Waals surface area contributed by atoms with E-state index in [1.807, 2.05) is 0 Å². The third-order valence-corrected chi connectivity index (χ3v) is 5.93. The third kappa shape index (κ3) is 22.0. The molecule has 0 aliphatic rings. The summed E-state index contributed by atoms with van der Waals surface area (Å²) in [6.45, 7) is 7.07. The molecule has 1 unspecified atom stereocenters. The van der Waals surface area contributed by atoms with Crippen molar-refractivity contribution in [3.63, 3.8) is 0 Å². The fraction of sp³-hybridized carbons (Fsp3) is 0.962. The topological polar surface area (TPSA) is 0 Å². The Bertz CT molecular complexity index is 208. The molecule has 0 rings (SSSR count). The van der Waals surface area contributed by atoms with Crippen molar-refractivity contribution in [2.45, 2.75) is 156 Å². The van der Waals surface area contributed by atoms with E-state index >= 15 is 0 Å². The SMILES string of the molecule is CCCCCCCCC[CH]CCC(C)CCCCCCCCCCCC. The van der Waals surface area contributed by atoms with Gasteiger partial charge in [-0.1, -0.05) is 149 Å². The zero-order valence-electron chi connectivity index (χ0n) is 19.0. The molecule has 1 radical (unpaired) electrons. The first-order valence-electron chi connectivity index (χ1n) is 12.6. The summed E-state index contributed by atoms with van der Waals surface area (Å²) in [5.74, 6) is 0.939. The summed E-state index contributed by atoms with van der Waals surface area (Å²) in [7, 11) is 0. The minimum absolute atomic E-state index is 0.939. The molecule has 1 atom stereocenters. The highest BCUT2D eigenvalue weighted by molar-refractivity contribution is 4.67. The van der Waals surface area contributed by atoms with E-state index in [4.69, 9.17) is 0 Å². The second kappa shape index (κ2) is 23.0. The molecule has 0 aliphatic heterocycles. The first-order chi connectivity index (χ1) is 12.8. The normalized spacial score (nSPS) is 11.5. The Balaban J connectivity index is 3.12. The van der Waals surface area contributed by atoms with Gasteiger partial charge in [0.1, 0.15) is 0 Å². The molecule has 0 aliphatic carbocycles. The lowest BCUT2D eigenvalue weighted by molar-refractivity contribution is 0.449. The van der Waals surface area contributed by atoms with E-state index in [1.165, 1.54) is 135 Å². The van der Waals surface area contributed by atoms with Crippen LogP contribution in [0.15, 0.2) is 0 Å². The molecule has 0 nitrogen and oxygen atoms in total. The van der Waals surface area contributed by atoms with Crippen LogP contribution >= 0.6 is 0 Å². The van der Waals surface area contributed by atoms with Crippen LogP contribution in [0.25, 0.3) is 0 Å². The number of unbranched alkanes of at least 4 members (excludes halogenated alkanes) is 18. The third-order valence-electron chi connectivity index (χ3n) is 5.93. The maximum absolute atomic E-state index is 2.57. The molecular weight excluding hydrogens is 312 g/mol. The van der Waals surface area contributed by atoms with Crippen LogP contribution in [-0.4, -0.2) is 0 Å². The Morgan fingerprint density at radius 1 is 0.462 bits per heavy atom. The van der Waals surface area contributed by atoms with Crippen LogP contribution in [0, 0.1) is 12.3 Å². The highest BCUT2D eigenvalue weighted by Crippen LogP contribution is 2.18. The van der Waals surface area contributed by atoms with Gasteiger partial charge in [0.2, 0.25) is 0 Å². The maximum atomic E-state index is 2.57. The van der Waals surface area contributed by atoms with E-state index in [1.54, 1.807) is 0 Å². The molecule has 0 aromatic carbocycles. The van der Waals surface area contributed by atoms with Gasteiger partial charge in [-0.3, -0.25) is 0 Å². The van der Waals surface area contributed by atoms with Crippen LogP contribution in [-0.2, 0) is 0 Å². The molecule has 0 fully saturated rings. The first-order valence-corrected chi connectivity index (χ1v) is 12.6. The van der Waals surface area contributed by atoms with Gasteiger partial charge in [0, 0.05) is 0 Å². The van der Waals surface area contributed by atoms with Crippen molar-refractivity contribution in [3.8, 4) is 0 Å². The molecule has 26 heavy (non-hydrogen) atoms. The predicted octanol–water partition coefficient (Wildman–Crippen LogP) is 10.1. The average Bonchev–Trinajstić information content (AvgIpc) is 2.64. The summed E-state index contributed by atoms with van der Waals surface area (Å²) < 4.78 is 0. The summed E-state index contributed by atoms with van der Waals surface area (Å²) in [5, 5.41) is 0. The second-order valence-corrected chi connectivity index (χ2v) is 8.85. The summed E-state index contributed by atoms with van der Waals surface area (Å²) in [4.78, 5) is 0. The molecular formula is C26H53. The summed E-state index contributed by atoms with van der Waals surface area (Å²) in [5.41, 5.74) is 0. The number of rotatable bonds is 22. The van der Waals surface area contributed by atoms with Crippen molar-refractivity contribution in [2.24, 2.45) is 5.92 Å². The Morgan fingerprint density at radius 3 is 1.38 bits per heavy atom. The molecule has 0 amide bonds. The monoisotopic (exact) mass is 365 g/mol. The van der Waals surface area contributed by atoms with E-state index < -0.39 is 0 Å². The van der Waals surface area contributed by atoms with Gasteiger partial charge in [-0.2, -0.15) is 0 Å². The Morgan fingerprint density at radius 2 is 0.885 bits per heavy atom. The van der Waals surface area contributed by atoms with Gasteiger partial charge in [0.15, 0.2) is 0 Å². The van der Waals surface area contributed by atoms with Crippen LogP contribution in [0.1, 0.15) is 156 Å². The van der Waals surface area contributed by atoms with Crippen molar-refractivity contribution in [1.29, 1.82) is 0 Å². The van der Waals surface area contributed by atoms with Crippen LogP contribution in [0.2, 0.25) is 0 Å². The lowest BCUT2D eigenvalue weighted by atomic mass is 9.95. The van der Waals surface area contributed by atoms with Crippen molar-refractivity contribution in [3.05, 3.63) is 6.42 Å². The lowest BCUT2D eigenvalue weighted by Crippen LogP contribution is -1.95. The van der Waals surface area contributed by atoms with Gasteiger partial charge < -0.3 is 0 Å². The highest BCUT2D eigenvalue weighted by atomic mass is 14.1. The molecule has 0 heterocycles. The Hall–Kier alpha value is 0. The standard InChI is InChI=1S/C26H53/c1-4-6-8-10-12-14-16-18-20-22-24-26(3)25-23-21-19-17-15-13-11-9-7-5-2/h20,26H,4-19,21-25H2,1-3H3. The molecule has 0 saturated carbocycles. The summed E-state index contributed by atoms with van der Waals surface area (Å²) in [6, 6.07) is 0.